The molecule has 0 aliphatic rings. The van der Waals surface area contributed by atoms with Crippen molar-refractivity contribution in [2.24, 2.45) is 0 Å². The molecule has 160 valence electrons. The van der Waals surface area contributed by atoms with Gasteiger partial charge < -0.3 is 4.52 Å². The summed E-state index contributed by atoms with van der Waals surface area (Å²) >= 11 is 1.67. The molecule has 5 rings (SSSR count). The van der Waals surface area contributed by atoms with E-state index in [1.165, 1.54) is 21.1 Å². The van der Waals surface area contributed by atoms with Gasteiger partial charge in [-0.1, -0.05) is 28.9 Å². The predicted molar refractivity (Wildman–Crippen MR) is 123 cm³/mol. The van der Waals surface area contributed by atoms with Gasteiger partial charge in [0.05, 0.1) is 5.69 Å². The Morgan fingerprint density at radius 1 is 1.06 bits per heavy atom. The lowest BCUT2D eigenvalue weighted by Gasteiger charge is -2.02. The van der Waals surface area contributed by atoms with Crippen LogP contribution in [-0.2, 0) is 6.54 Å². The minimum absolute atomic E-state index is 0.0787. The van der Waals surface area contributed by atoms with Crippen LogP contribution in [0.25, 0.3) is 28.2 Å². The van der Waals surface area contributed by atoms with Crippen LogP contribution < -0.4 is 5.56 Å². The SMILES string of the molecule is CSc1ccc(-c2noc(Cn3ncn4nc(-c5ccc(C)cc5C)cc4c3=O)n2)cc1. The molecule has 9 heteroatoms. The topological polar surface area (TPSA) is 91.1 Å². The van der Waals surface area contributed by atoms with Gasteiger partial charge in [0.25, 0.3) is 5.56 Å². The molecule has 0 bridgehead atoms. The summed E-state index contributed by atoms with van der Waals surface area (Å²) in [5, 5.41) is 12.8. The van der Waals surface area contributed by atoms with Gasteiger partial charge in [0.1, 0.15) is 18.4 Å². The number of aromatic nitrogens is 6. The van der Waals surface area contributed by atoms with E-state index in [4.69, 9.17) is 4.52 Å². The molecular formula is C23H20N6O2S. The highest BCUT2D eigenvalue weighted by molar-refractivity contribution is 7.98. The lowest BCUT2D eigenvalue weighted by atomic mass is 10.0. The van der Waals surface area contributed by atoms with E-state index in [0.717, 1.165) is 27.3 Å². The third kappa shape index (κ3) is 3.71. The fraction of sp³-hybridized carbons (Fsp3) is 0.174. The van der Waals surface area contributed by atoms with Gasteiger partial charge in [-0.05, 0) is 56.0 Å². The Morgan fingerprint density at radius 3 is 2.62 bits per heavy atom. The van der Waals surface area contributed by atoms with Crippen LogP contribution in [0.1, 0.15) is 17.0 Å². The molecule has 0 fully saturated rings. The molecule has 0 aliphatic carbocycles. The van der Waals surface area contributed by atoms with E-state index in [1.54, 1.807) is 17.8 Å². The highest BCUT2D eigenvalue weighted by Crippen LogP contribution is 2.24. The van der Waals surface area contributed by atoms with Crippen LogP contribution in [0.3, 0.4) is 0 Å². The van der Waals surface area contributed by atoms with E-state index >= 15 is 0 Å². The average Bonchev–Trinajstić information content (AvgIpc) is 3.43. The van der Waals surface area contributed by atoms with Gasteiger partial charge in [-0.25, -0.2) is 9.20 Å². The van der Waals surface area contributed by atoms with Crippen molar-refractivity contribution >= 4 is 17.3 Å². The molecule has 2 aromatic carbocycles. The second-order valence-electron chi connectivity index (χ2n) is 7.51. The molecule has 0 spiro atoms. The maximum atomic E-state index is 13.0. The first-order valence-electron chi connectivity index (χ1n) is 10.0. The fourth-order valence-electron chi connectivity index (χ4n) is 3.59. The molecule has 8 nitrogen and oxygen atoms in total. The van der Waals surface area contributed by atoms with Gasteiger partial charge in [0.15, 0.2) is 0 Å². The van der Waals surface area contributed by atoms with Crippen LogP contribution in [0, 0.1) is 13.8 Å². The van der Waals surface area contributed by atoms with Crippen molar-refractivity contribution in [2.75, 3.05) is 6.26 Å². The Bertz CT molecular complexity index is 1480. The summed E-state index contributed by atoms with van der Waals surface area (Å²) in [6.45, 7) is 4.16. The Kier molecular flexibility index (Phi) is 5.10. The van der Waals surface area contributed by atoms with Gasteiger partial charge in [-0.2, -0.15) is 15.2 Å². The van der Waals surface area contributed by atoms with Crippen molar-refractivity contribution in [3.05, 3.63) is 82.2 Å². The number of hydrogen-bond acceptors (Lipinski definition) is 7. The first-order valence-corrected chi connectivity index (χ1v) is 11.2. The molecule has 0 saturated carbocycles. The Hall–Kier alpha value is -3.72. The van der Waals surface area contributed by atoms with Crippen LogP contribution >= 0.6 is 11.8 Å². The Labute approximate surface area is 187 Å². The van der Waals surface area contributed by atoms with Crippen LogP contribution in [0.2, 0.25) is 0 Å². The summed E-state index contributed by atoms with van der Waals surface area (Å²) in [6.07, 6.45) is 3.54. The molecule has 0 saturated heterocycles. The largest absolute Gasteiger partial charge is 0.337 e. The quantitative estimate of drug-likeness (QED) is 0.379. The van der Waals surface area contributed by atoms with E-state index in [9.17, 15) is 4.79 Å². The number of fused-ring (bicyclic) bond motifs is 1. The molecule has 5 aromatic rings. The average molecular weight is 445 g/mol. The van der Waals surface area contributed by atoms with Gasteiger partial charge >= 0.3 is 0 Å². The smallest absolute Gasteiger partial charge is 0.293 e. The second kappa shape index (κ2) is 8.08. The van der Waals surface area contributed by atoms with Crippen molar-refractivity contribution < 1.29 is 4.52 Å². The van der Waals surface area contributed by atoms with Crippen LogP contribution in [-0.4, -0.2) is 35.8 Å². The van der Waals surface area contributed by atoms with Gasteiger partial charge in [-0.3, -0.25) is 4.79 Å². The first-order chi connectivity index (χ1) is 15.5. The predicted octanol–water partition coefficient (Wildman–Crippen LogP) is 4.00. The second-order valence-corrected chi connectivity index (χ2v) is 8.39. The maximum Gasteiger partial charge on any atom is 0.293 e. The minimum Gasteiger partial charge on any atom is -0.337 e. The third-order valence-electron chi connectivity index (χ3n) is 5.25. The minimum atomic E-state index is -0.278. The molecule has 0 aliphatic heterocycles. The van der Waals surface area contributed by atoms with E-state index in [2.05, 4.69) is 26.4 Å². The zero-order valence-electron chi connectivity index (χ0n) is 17.8. The highest BCUT2D eigenvalue weighted by atomic mass is 32.2. The zero-order valence-corrected chi connectivity index (χ0v) is 18.6. The van der Waals surface area contributed by atoms with Gasteiger partial charge in [-0.15, -0.1) is 11.8 Å². The summed E-state index contributed by atoms with van der Waals surface area (Å²) in [6, 6.07) is 15.8. The van der Waals surface area contributed by atoms with Gasteiger partial charge in [0.2, 0.25) is 11.7 Å². The molecule has 3 aromatic heterocycles. The summed E-state index contributed by atoms with van der Waals surface area (Å²) in [7, 11) is 0. The summed E-state index contributed by atoms with van der Waals surface area (Å²) in [5.41, 5.74) is 5.00. The Morgan fingerprint density at radius 2 is 1.88 bits per heavy atom. The number of nitrogens with zero attached hydrogens (tertiary/aromatic N) is 6. The lowest BCUT2D eigenvalue weighted by molar-refractivity contribution is 0.362. The lowest BCUT2D eigenvalue weighted by Crippen LogP contribution is -2.25. The number of benzene rings is 2. The van der Waals surface area contributed by atoms with Crippen LogP contribution in [0.4, 0.5) is 0 Å². The van der Waals surface area contributed by atoms with Crippen LogP contribution in [0.5, 0.6) is 0 Å². The molecule has 0 amide bonds. The van der Waals surface area contributed by atoms with E-state index < -0.39 is 0 Å². The molecule has 0 radical (unpaired) electrons. The first kappa shape index (κ1) is 20.2. The van der Waals surface area contributed by atoms with Crippen molar-refractivity contribution in [3.8, 4) is 22.6 Å². The summed E-state index contributed by atoms with van der Waals surface area (Å²) in [5.74, 6) is 0.783. The van der Waals surface area contributed by atoms with Crippen molar-refractivity contribution in [3.63, 3.8) is 0 Å². The molecule has 0 atom stereocenters. The molecule has 0 N–H and O–H groups in total. The monoisotopic (exact) mass is 444 g/mol. The van der Waals surface area contributed by atoms with Crippen molar-refractivity contribution in [1.29, 1.82) is 0 Å². The van der Waals surface area contributed by atoms with E-state index in [0.29, 0.717) is 17.2 Å². The number of rotatable bonds is 5. The zero-order chi connectivity index (χ0) is 22.2. The number of aryl methyl sites for hydroxylation is 2. The molecule has 3 heterocycles. The summed E-state index contributed by atoms with van der Waals surface area (Å²) in [4.78, 5) is 18.6. The standard InChI is InChI=1S/C23H20N6O2S/c1-14-4-9-18(15(2)10-14)19-11-20-23(30)28(24-13-29(20)26-19)12-21-25-22(27-31-21)16-5-7-17(32-3)8-6-16/h4-11,13H,12H2,1-3H3. The Balaban J connectivity index is 1.44. The van der Waals surface area contributed by atoms with Crippen molar-refractivity contribution in [1.82, 2.24) is 29.5 Å². The fourth-order valence-corrected chi connectivity index (χ4v) is 4.00. The summed E-state index contributed by atoms with van der Waals surface area (Å²) < 4.78 is 8.16. The van der Waals surface area contributed by atoms with E-state index in [1.807, 2.05) is 56.5 Å². The maximum absolute atomic E-state index is 13.0. The molecule has 32 heavy (non-hydrogen) atoms. The van der Waals surface area contributed by atoms with E-state index in [-0.39, 0.29) is 12.1 Å². The molecular weight excluding hydrogens is 424 g/mol. The highest BCUT2D eigenvalue weighted by Gasteiger charge is 2.15. The molecule has 0 unspecified atom stereocenters. The third-order valence-corrected chi connectivity index (χ3v) is 5.99. The van der Waals surface area contributed by atoms with Crippen molar-refractivity contribution in [2.45, 2.75) is 25.3 Å². The normalized spacial score (nSPS) is 11.3. The number of hydrogen-bond donors (Lipinski definition) is 0. The van der Waals surface area contributed by atoms with Crippen LogP contribution in [0.15, 0.2) is 69.1 Å². The van der Waals surface area contributed by atoms with Gasteiger partial charge in [0, 0.05) is 16.0 Å². The number of thioether (sulfide) groups is 1.